The number of nitrogens with zero attached hydrogens (tertiary/aromatic N) is 2. The first-order valence-electron chi connectivity index (χ1n) is 4.75. The van der Waals surface area contributed by atoms with Gasteiger partial charge in [-0.2, -0.15) is 0 Å². The van der Waals surface area contributed by atoms with Crippen LogP contribution in [0.25, 0.3) is 6.08 Å². The van der Waals surface area contributed by atoms with E-state index in [4.69, 9.17) is 0 Å². The Morgan fingerprint density at radius 1 is 1.50 bits per heavy atom. The summed E-state index contributed by atoms with van der Waals surface area (Å²) in [6, 6.07) is 2.14. The monoisotopic (exact) mass is 206 g/mol. The fourth-order valence-electron chi connectivity index (χ4n) is 1.44. The van der Waals surface area contributed by atoms with Crippen LogP contribution in [0.2, 0.25) is 0 Å². The minimum atomic E-state index is 0.930. The van der Waals surface area contributed by atoms with Crippen LogP contribution in [0, 0.1) is 6.92 Å². The molecule has 0 saturated heterocycles. The number of amidine groups is 1. The van der Waals surface area contributed by atoms with Crippen molar-refractivity contribution < 1.29 is 0 Å². The minimum absolute atomic E-state index is 0.930. The number of thiophene rings is 1. The summed E-state index contributed by atoms with van der Waals surface area (Å²) in [4.78, 5) is 7.91. The van der Waals surface area contributed by atoms with Crippen LogP contribution in [-0.4, -0.2) is 30.9 Å². The van der Waals surface area contributed by atoms with Crippen molar-refractivity contribution in [3.05, 3.63) is 28.0 Å². The summed E-state index contributed by atoms with van der Waals surface area (Å²) >= 11 is 1.77. The summed E-state index contributed by atoms with van der Waals surface area (Å²) in [6.07, 6.45) is 4.26. The summed E-state index contributed by atoms with van der Waals surface area (Å²) in [5.74, 6) is 1.10. The average molecular weight is 206 g/mol. The number of likely N-dealkylation sites (N-methyl/N-ethyl adjacent to an activating group) is 1. The molecule has 0 unspecified atom stereocenters. The van der Waals surface area contributed by atoms with Crippen molar-refractivity contribution in [3.63, 3.8) is 0 Å². The molecule has 0 amide bonds. The number of aryl methyl sites for hydroxylation is 1. The van der Waals surface area contributed by atoms with E-state index in [-0.39, 0.29) is 0 Å². The van der Waals surface area contributed by atoms with Gasteiger partial charge in [0.25, 0.3) is 0 Å². The SMILES string of the molecule is Cc1ccsc1/C=C/C1=NCCN1C. The minimum Gasteiger partial charge on any atom is -0.358 e. The molecule has 0 radical (unpaired) electrons. The van der Waals surface area contributed by atoms with Crippen LogP contribution in [0.1, 0.15) is 10.4 Å². The van der Waals surface area contributed by atoms with Gasteiger partial charge in [0.05, 0.1) is 6.54 Å². The fourth-order valence-corrected chi connectivity index (χ4v) is 2.25. The maximum atomic E-state index is 4.41. The van der Waals surface area contributed by atoms with E-state index in [0.717, 1.165) is 18.9 Å². The Kier molecular flexibility index (Phi) is 2.68. The highest BCUT2D eigenvalue weighted by atomic mass is 32.1. The molecule has 1 aliphatic rings. The highest BCUT2D eigenvalue weighted by molar-refractivity contribution is 7.11. The second-order valence-electron chi connectivity index (χ2n) is 3.46. The molecule has 2 rings (SSSR count). The number of hydrogen-bond acceptors (Lipinski definition) is 3. The van der Waals surface area contributed by atoms with E-state index in [1.807, 2.05) is 0 Å². The van der Waals surface area contributed by atoms with E-state index in [0.29, 0.717) is 0 Å². The van der Waals surface area contributed by atoms with Crippen LogP contribution < -0.4 is 0 Å². The summed E-state index contributed by atoms with van der Waals surface area (Å²) in [5.41, 5.74) is 1.34. The van der Waals surface area contributed by atoms with Gasteiger partial charge in [-0.3, -0.25) is 4.99 Å². The van der Waals surface area contributed by atoms with Crippen molar-refractivity contribution >= 4 is 23.2 Å². The van der Waals surface area contributed by atoms with Gasteiger partial charge in [-0.25, -0.2) is 0 Å². The molecule has 0 aliphatic carbocycles. The zero-order valence-corrected chi connectivity index (χ0v) is 9.34. The van der Waals surface area contributed by atoms with Gasteiger partial charge in [0.2, 0.25) is 0 Å². The van der Waals surface area contributed by atoms with Crippen LogP contribution in [0.5, 0.6) is 0 Å². The Morgan fingerprint density at radius 3 is 2.93 bits per heavy atom. The van der Waals surface area contributed by atoms with Gasteiger partial charge in [0.1, 0.15) is 5.84 Å². The third kappa shape index (κ3) is 1.87. The lowest BCUT2D eigenvalue weighted by molar-refractivity contribution is 0.558. The van der Waals surface area contributed by atoms with E-state index in [2.05, 4.69) is 47.5 Å². The average Bonchev–Trinajstić information content (AvgIpc) is 2.72. The number of hydrogen-bond donors (Lipinski definition) is 0. The smallest absolute Gasteiger partial charge is 0.123 e. The van der Waals surface area contributed by atoms with E-state index >= 15 is 0 Å². The lowest BCUT2D eigenvalue weighted by Crippen LogP contribution is -2.20. The van der Waals surface area contributed by atoms with Crippen molar-refractivity contribution in [2.24, 2.45) is 4.99 Å². The molecule has 0 saturated carbocycles. The topological polar surface area (TPSA) is 15.6 Å². The van der Waals surface area contributed by atoms with Gasteiger partial charge >= 0.3 is 0 Å². The van der Waals surface area contributed by atoms with Crippen LogP contribution in [0.4, 0.5) is 0 Å². The first-order chi connectivity index (χ1) is 6.77. The summed E-state index contributed by atoms with van der Waals surface area (Å²) in [7, 11) is 2.08. The highest BCUT2D eigenvalue weighted by Gasteiger charge is 2.08. The van der Waals surface area contributed by atoms with Gasteiger partial charge in [-0.1, -0.05) is 0 Å². The Labute approximate surface area is 88.6 Å². The molecule has 0 N–H and O–H groups in total. The van der Waals surface area contributed by atoms with Crippen molar-refractivity contribution in [1.29, 1.82) is 0 Å². The van der Waals surface area contributed by atoms with Crippen LogP contribution in [0.3, 0.4) is 0 Å². The Bertz CT molecular complexity index is 376. The molecule has 0 fully saturated rings. The van der Waals surface area contributed by atoms with E-state index in [1.165, 1.54) is 10.4 Å². The fraction of sp³-hybridized carbons (Fsp3) is 0.364. The molecule has 2 heterocycles. The maximum absolute atomic E-state index is 4.41. The van der Waals surface area contributed by atoms with Crippen molar-refractivity contribution in [1.82, 2.24) is 4.90 Å². The normalized spacial score (nSPS) is 16.7. The molecule has 2 nitrogen and oxygen atoms in total. The molecule has 0 atom stereocenters. The van der Waals surface area contributed by atoms with Crippen LogP contribution >= 0.6 is 11.3 Å². The van der Waals surface area contributed by atoms with Crippen LogP contribution in [-0.2, 0) is 0 Å². The van der Waals surface area contributed by atoms with E-state index in [9.17, 15) is 0 Å². The maximum Gasteiger partial charge on any atom is 0.123 e. The van der Waals surface area contributed by atoms with E-state index in [1.54, 1.807) is 11.3 Å². The van der Waals surface area contributed by atoms with Gasteiger partial charge < -0.3 is 4.90 Å². The van der Waals surface area contributed by atoms with Crippen molar-refractivity contribution in [2.75, 3.05) is 20.1 Å². The third-order valence-corrected chi connectivity index (χ3v) is 3.37. The zero-order chi connectivity index (χ0) is 9.97. The van der Waals surface area contributed by atoms with Gasteiger partial charge in [0, 0.05) is 18.5 Å². The van der Waals surface area contributed by atoms with Gasteiger partial charge in [-0.15, -0.1) is 11.3 Å². The molecular weight excluding hydrogens is 192 g/mol. The molecule has 1 aromatic rings. The number of rotatable bonds is 2. The largest absolute Gasteiger partial charge is 0.358 e. The summed E-state index contributed by atoms with van der Waals surface area (Å²) < 4.78 is 0. The molecule has 3 heteroatoms. The highest BCUT2D eigenvalue weighted by Crippen LogP contribution is 2.17. The second kappa shape index (κ2) is 3.96. The standard InChI is InChI=1S/C11H14N2S/c1-9-5-8-14-10(9)3-4-11-12-6-7-13(11)2/h3-5,8H,6-7H2,1-2H3/b4-3+. The summed E-state index contributed by atoms with van der Waals surface area (Å²) in [6.45, 7) is 4.11. The molecule has 1 aliphatic heterocycles. The zero-order valence-electron chi connectivity index (χ0n) is 8.53. The lowest BCUT2D eigenvalue weighted by atomic mass is 10.3. The van der Waals surface area contributed by atoms with Crippen molar-refractivity contribution in [2.45, 2.75) is 6.92 Å². The predicted octanol–water partition coefficient (Wildman–Crippen LogP) is 2.41. The van der Waals surface area contributed by atoms with Crippen molar-refractivity contribution in [3.8, 4) is 0 Å². The Balaban J connectivity index is 2.11. The Morgan fingerprint density at radius 2 is 2.36 bits per heavy atom. The molecule has 14 heavy (non-hydrogen) atoms. The quantitative estimate of drug-likeness (QED) is 0.725. The Hall–Kier alpha value is -1.09. The predicted molar refractivity (Wildman–Crippen MR) is 63.0 cm³/mol. The number of aliphatic imine (C=N–C) groups is 1. The second-order valence-corrected chi connectivity index (χ2v) is 4.41. The molecule has 0 aromatic carbocycles. The van der Waals surface area contributed by atoms with Gasteiger partial charge in [0.15, 0.2) is 0 Å². The molecule has 1 aromatic heterocycles. The van der Waals surface area contributed by atoms with Crippen LogP contribution in [0.15, 0.2) is 22.5 Å². The lowest BCUT2D eigenvalue weighted by Gasteiger charge is -2.09. The molecule has 74 valence electrons. The molecule has 0 bridgehead atoms. The summed E-state index contributed by atoms with van der Waals surface area (Å²) in [5, 5.41) is 2.12. The third-order valence-electron chi connectivity index (χ3n) is 2.39. The van der Waals surface area contributed by atoms with E-state index < -0.39 is 0 Å². The first kappa shape index (κ1) is 9.46. The first-order valence-corrected chi connectivity index (χ1v) is 5.63. The molecular formula is C11H14N2S. The molecule has 0 spiro atoms. The van der Waals surface area contributed by atoms with Gasteiger partial charge in [-0.05, 0) is 36.1 Å².